The Labute approximate surface area is 195 Å². The van der Waals surface area contributed by atoms with Gasteiger partial charge in [0.1, 0.15) is 0 Å². The summed E-state index contributed by atoms with van der Waals surface area (Å²) in [5.74, 6) is 0.0695. The largest absolute Gasteiger partial charge is 0.356 e. The standard InChI is InChI=1S/C27H30N4O2/c1-2-30-26(33)27(18-21-6-3-8-24(16-21)23-9-13-28-14-10-23)11-5-15-31(20-27)25(32)17-22-7-4-12-29-19-22/h3-4,6-10,12-14,16,19H,2,5,11,15,17-18,20H2,1H3,(H,30,33)/t27-/m0/s1. The van der Waals surface area contributed by atoms with Gasteiger partial charge in [-0.25, -0.2) is 0 Å². The summed E-state index contributed by atoms with van der Waals surface area (Å²) in [7, 11) is 0. The van der Waals surface area contributed by atoms with Crippen molar-refractivity contribution in [2.24, 2.45) is 5.41 Å². The summed E-state index contributed by atoms with van der Waals surface area (Å²) in [5.41, 5.74) is 3.53. The maximum atomic E-state index is 13.3. The van der Waals surface area contributed by atoms with Crippen LogP contribution in [0.25, 0.3) is 11.1 Å². The number of pyridine rings is 2. The van der Waals surface area contributed by atoms with E-state index in [1.165, 1.54) is 0 Å². The number of aromatic nitrogens is 2. The van der Waals surface area contributed by atoms with Crippen molar-refractivity contribution in [2.45, 2.75) is 32.6 Å². The molecular weight excluding hydrogens is 412 g/mol. The van der Waals surface area contributed by atoms with Gasteiger partial charge < -0.3 is 10.2 Å². The summed E-state index contributed by atoms with van der Waals surface area (Å²) in [6.45, 7) is 3.61. The van der Waals surface area contributed by atoms with Crippen LogP contribution in [-0.4, -0.2) is 46.3 Å². The molecule has 1 aliphatic heterocycles. The van der Waals surface area contributed by atoms with Crippen LogP contribution in [0.1, 0.15) is 30.9 Å². The third-order valence-corrected chi connectivity index (χ3v) is 6.31. The van der Waals surface area contributed by atoms with E-state index in [4.69, 9.17) is 0 Å². The molecule has 0 radical (unpaired) electrons. The minimum atomic E-state index is -0.643. The van der Waals surface area contributed by atoms with Crippen molar-refractivity contribution in [2.75, 3.05) is 19.6 Å². The highest BCUT2D eigenvalue weighted by Gasteiger charge is 2.43. The lowest BCUT2D eigenvalue weighted by molar-refractivity contribution is -0.141. The van der Waals surface area contributed by atoms with Gasteiger partial charge in [0.2, 0.25) is 11.8 Å². The number of benzene rings is 1. The highest BCUT2D eigenvalue weighted by Crippen LogP contribution is 2.35. The third kappa shape index (κ3) is 5.45. The minimum absolute atomic E-state index is 0.0261. The average molecular weight is 443 g/mol. The van der Waals surface area contributed by atoms with Crippen molar-refractivity contribution in [1.29, 1.82) is 0 Å². The Morgan fingerprint density at radius 1 is 1.00 bits per heavy atom. The molecule has 0 saturated carbocycles. The normalized spacial score (nSPS) is 18.0. The van der Waals surface area contributed by atoms with Crippen molar-refractivity contribution in [3.05, 3.63) is 84.4 Å². The fraction of sp³-hybridized carbons (Fsp3) is 0.333. The molecule has 6 nitrogen and oxygen atoms in total. The van der Waals surface area contributed by atoms with Gasteiger partial charge in [0.15, 0.2) is 0 Å². The molecule has 1 aromatic carbocycles. The number of nitrogens with zero attached hydrogens (tertiary/aromatic N) is 3. The number of rotatable bonds is 7. The summed E-state index contributed by atoms with van der Waals surface area (Å²) in [5, 5.41) is 3.04. The highest BCUT2D eigenvalue weighted by molar-refractivity contribution is 5.85. The predicted molar refractivity (Wildman–Crippen MR) is 128 cm³/mol. The van der Waals surface area contributed by atoms with Gasteiger partial charge in [0.25, 0.3) is 0 Å². The lowest BCUT2D eigenvalue weighted by Crippen LogP contribution is -2.54. The topological polar surface area (TPSA) is 75.2 Å². The molecule has 2 amide bonds. The molecule has 0 unspecified atom stereocenters. The highest BCUT2D eigenvalue weighted by atomic mass is 16.2. The van der Waals surface area contributed by atoms with Crippen LogP contribution in [0.4, 0.5) is 0 Å². The Morgan fingerprint density at radius 2 is 1.82 bits per heavy atom. The number of piperidine rings is 1. The molecule has 3 aromatic rings. The van der Waals surface area contributed by atoms with E-state index in [-0.39, 0.29) is 11.8 Å². The van der Waals surface area contributed by atoms with Crippen LogP contribution in [0.2, 0.25) is 0 Å². The summed E-state index contributed by atoms with van der Waals surface area (Å²) in [4.78, 5) is 36.5. The second-order valence-electron chi connectivity index (χ2n) is 8.71. The summed E-state index contributed by atoms with van der Waals surface area (Å²) >= 11 is 0. The summed E-state index contributed by atoms with van der Waals surface area (Å²) in [6, 6.07) is 16.0. The lowest BCUT2D eigenvalue weighted by atomic mass is 9.74. The lowest BCUT2D eigenvalue weighted by Gasteiger charge is -2.42. The molecule has 6 heteroatoms. The van der Waals surface area contributed by atoms with Crippen LogP contribution in [0.3, 0.4) is 0 Å². The average Bonchev–Trinajstić information content (AvgIpc) is 2.85. The van der Waals surface area contributed by atoms with Crippen LogP contribution in [-0.2, 0) is 22.4 Å². The number of likely N-dealkylation sites (tertiary alicyclic amines) is 1. The van der Waals surface area contributed by atoms with Crippen molar-refractivity contribution in [3.8, 4) is 11.1 Å². The summed E-state index contributed by atoms with van der Waals surface area (Å²) in [6.07, 6.45) is 9.45. The molecule has 0 spiro atoms. The van der Waals surface area contributed by atoms with E-state index >= 15 is 0 Å². The first-order valence-corrected chi connectivity index (χ1v) is 11.5. The number of nitrogens with one attached hydrogen (secondary N) is 1. The molecule has 4 rings (SSSR count). The SMILES string of the molecule is CCNC(=O)[C@]1(Cc2cccc(-c3ccncc3)c2)CCCN(C(=O)Cc2cccnc2)C1. The van der Waals surface area contributed by atoms with Gasteiger partial charge in [-0.3, -0.25) is 19.6 Å². The fourth-order valence-electron chi connectivity index (χ4n) is 4.69. The number of amides is 2. The third-order valence-electron chi connectivity index (χ3n) is 6.31. The Hall–Kier alpha value is -3.54. The molecule has 0 bridgehead atoms. The van der Waals surface area contributed by atoms with Gasteiger partial charge >= 0.3 is 0 Å². The van der Waals surface area contributed by atoms with E-state index in [0.717, 1.165) is 35.1 Å². The summed E-state index contributed by atoms with van der Waals surface area (Å²) < 4.78 is 0. The smallest absolute Gasteiger partial charge is 0.228 e. The first kappa shape index (κ1) is 22.6. The van der Waals surface area contributed by atoms with Gasteiger partial charge in [-0.1, -0.05) is 30.3 Å². The molecule has 33 heavy (non-hydrogen) atoms. The first-order chi connectivity index (χ1) is 16.1. The number of carbonyl (C=O) groups is 2. The van der Waals surface area contributed by atoms with Crippen molar-refractivity contribution < 1.29 is 9.59 Å². The molecule has 1 aliphatic rings. The van der Waals surface area contributed by atoms with Crippen molar-refractivity contribution in [1.82, 2.24) is 20.2 Å². The second kappa shape index (κ2) is 10.4. The van der Waals surface area contributed by atoms with Crippen molar-refractivity contribution in [3.63, 3.8) is 0 Å². The van der Waals surface area contributed by atoms with Crippen LogP contribution in [0, 0.1) is 5.41 Å². The van der Waals surface area contributed by atoms with Gasteiger partial charge in [-0.15, -0.1) is 0 Å². The van der Waals surface area contributed by atoms with E-state index in [2.05, 4.69) is 33.5 Å². The number of hydrogen-bond acceptors (Lipinski definition) is 4. The zero-order valence-corrected chi connectivity index (χ0v) is 19.0. The van der Waals surface area contributed by atoms with Crippen LogP contribution < -0.4 is 5.32 Å². The second-order valence-corrected chi connectivity index (χ2v) is 8.71. The van der Waals surface area contributed by atoms with Gasteiger partial charge in [-0.2, -0.15) is 0 Å². The molecule has 1 atom stereocenters. The van der Waals surface area contributed by atoms with Crippen LogP contribution in [0.5, 0.6) is 0 Å². The molecule has 1 saturated heterocycles. The fourth-order valence-corrected chi connectivity index (χ4v) is 4.69. The Bertz CT molecular complexity index is 1090. The van der Waals surface area contributed by atoms with E-state index in [1.54, 1.807) is 24.8 Å². The quantitative estimate of drug-likeness (QED) is 0.606. The Balaban J connectivity index is 1.57. The van der Waals surface area contributed by atoms with Gasteiger partial charge in [-0.05, 0) is 66.6 Å². The zero-order valence-electron chi connectivity index (χ0n) is 19.0. The molecule has 170 valence electrons. The zero-order chi connectivity index (χ0) is 23.1. The minimum Gasteiger partial charge on any atom is -0.356 e. The van der Waals surface area contributed by atoms with E-state index in [1.807, 2.05) is 42.2 Å². The van der Waals surface area contributed by atoms with Gasteiger partial charge in [0.05, 0.1) is 11.8 Å². The first-order valence-electron chi connectivity index (χ1n) is 11.5. The van der Waals surface area contributed by atoms with E-state index in [9.17, 15) is 9.59 Å². The Morgan fingerprint density at radius 3 is 2.58 bits per heavy atom. The van der Waals surface area contributed by atoms with E-state index in [0.29, 0.717) is 32.5 Å². The van der Waals surface area contributed by atoms with Crippen LogP contribution >= 0.6 is 0 Å². The van der Waals surface area contributed by atoms with Gasteiger partial charge in [0, 0.05) is 44.4 Å². The molecule has 1 fully saturated rings. The monoisotopic (exact) mass is 442 g/mol. The van der Waals surface area contributed by atoms with Crippen molar-refractivity contribution >= 4 is 11.8 Å². The maximum Gasteiger partial charge on any atom is 0.228 e. The molecule has 0 aliphatic carbocycles. The number of carbonyl (C=O) groups excluding carboxylic acids is 2. The molecule has 3 heterocycles. The predicted octanol–water partition coefficient (Wildman–Crippen LogP) is 3.67. The van der Waals surface area contributed by atoms with Crippen LogP contribution in [0.15, 0.2) is 73.3 Å². The molecule has 1 N–H and O–H groups in total. The van der Waals surface area contributed by atoms with E-state index < -0.39 is 5.41 Å². The molecular formula is C27H30N4O2. The Kier molecular flexibility index (Phi) is 7.13. The number of hydrogen-bond donors (Lipinski definition) is 1. The maximum absolute atomic E-state index is 13.3. The molecule has 2 aromatic heterocycles.